The molecular formula is C53H69N5O6. The Morgan fingerprint density at radius 3 is 1.78 bits per heavy atom. The summed E-state index contributed by atoms with van der Waals surface area (Å²) >= 11 is 0. The summed E-state index contributed by atoms with van der Waals surface area (Å²) in [6, 6.07) is 32.4. The zero-order valence-electron chi connectivity index (χ0n) is 38.6. The number of fused-ring (bicyclic) bond motifs is 2. The number of benzene rings is 4. The van der Waals surface area contributed by atoms with E-state index in [1.54, 1.807) is 20.8 Å². The first kappa shape index (κ1) is 47.8. The molecule has 0 aromatic heterocycles. The maximum absolute atomic E-state index is 14.6. The van der Waals surface area contributed by atoms with E-state index in [-0.39, 0.29) is 49.4 Å². The lowest BCUT2D eigenvalue weighted by Crippen LogP contribution is -2.50. The van der Waals surface area contributed by atoms with Crippen molar-refractivity contribution in [3.05, 3.63) is 142 Å². The molecule has 0 aliphatic heterocycles. The van der Waals surface area contributed by atoms with Crippen LogP contribution in [0.2, 0.25) is 0 Å². The predicted molar refractivity (Wildman–Crippen MR) is 251 cm³/mol. The van der Waals surface area contributed by atoms with Gasteiger partial charge in [-0.2, -0.15) is 0 Å². The molecule has 0 radical (unpaired) electrons. The number of hydrogen-bond donors (Lipinski definition) is 5. The van der Waals surface area contributed by atoms with Gasteiger partial charge in [0, 0.05) is 18.4 Å². The third kappa shape index (κ3) is 13.7. The van der Waals surface area contributed by atoms with Crippen molar-refractivity contribution in [1.29, 1.82) is 0 Å². The van der Waals surface area contributed by atoms with Crippen molar-refractivity contribution >= 4 is 24.0 Å². The second-order valence-electron chi connectivity index (χ2n) is 19.7. The summed E-state index contributed by atoms with van der Waals surface area (Å²) in [7, 11) is 0. The number of aryl methyl sites for hydroxylation is 2. The van der Waals surface area contributed by atoms with E-state index in [1.165, 1.54) is 11.1 Å². The number of amides is 4. The lowest BCUT2D eigenvalue weighted by atomic mass is 9.77. The van der Waals surface area contributed by atoms with Gasteiger partial charge in [-0.15, -0.1) is 0 Å². The Labute approximate surface area is 380 Å². The quantitative estimate of drug-likeness (QED) is 0.0750. The van der Waals surface area contributed by atoms with Gasteiger partial charge in [0.25, 0.3) is 0 Å². The molecule has 0 heterocycles. The van der Waals surface area contributed by atoms with Crippen LogP contribution in [0.4, 0.5) is 9.59 Å². The number of ether oxygens (including phenoxy) is 2. The lowest BCUT2D eigenvalue weighted by Gasteiger charge is -2.35. The second kappa shape index (κ2) is 21.8. The van der Waals surface area contributed by atoms with Crippen LogP contribution in [-0.2, 0) is 44.9 Å². The van der Waals surface area contributed by atoms with Crippen molar-refractivity contribution in [1.82, 2.24) is 21.3 Å². The fourth-order valence-electron chi connectivity index (χ4n) is 9.03. The van der Waals surface area contributed by atoms with Crippen LogP contribution in [0, 0.1) is 11.3 Å². The molecule has 2 aliphatic carbocycles. The van der Waals surface area contributed by atoms with Crippen LogP contribution in [-0.4, -0.2) is 48.2 Å². The molecule has 11 nitrogen and oxygen atoms in total. The molecule has 0 bridgehead atoms. The highest BCUT2D eigenvalue weighted by molar-refractivity contribution is 5.86. The van der Waals surface area contributed by atoms with Gasteiger partial charge in [0.15, 0.2) is 0 Å². The minimum absolute atomic E-state index is 0.0758. The molecule has 64 heavy (non-hydrogen) atoms. The third-order valence-corrected chi connectivity index (χ3v) is 12.6. The van der Waals surface area contributed by atoms with Crippen LogP contribution >= 0.6 is 0 Å². The van der Waals surface area contributed by atoms with Crippen molar-refractivity contribution in [2.75, 3.05) is 6.54 Å². The van der Waals surface area contributed by atoms with Crippen LogP contribution in [0.3, 0.4) is 0 Å². The molecule has 2 unspecified atom stereocenters. The number of carbonyl (C=O) groups excluding carboxylic acids is 4. The van der Waals surface area contributed by atoms with Gasteiger partial charge in [0.1, 0.15) is 18.2 Å². The van der Waals surface area contributed by atoms with Gasteiger partial charge in [-0.05, 0) is 129 Å². The van der Waals surface area contributed by atoms with Gasteiger partial charge < -0.3 is 36.5 Å². The summed E-state index contributed by atoms with van der Waals surface area (Å²) < 4.78 is 11.2. The van der Waals surface area contributed by atoms with Gasteiger partial charge >= 0.3 is 12.2 Å². The van der Waals surface area contributed by atoms with Crippen LogP contribution in [0.5, 0.6) is 0 Å². The molecule has 4 aromatic rings. The molecule has 11 heteroatoms. The molecule has 0 spiro atoms. The summed E-state index contributed by atoms with van der Waals surface area (Å²) in [6.45, 7) is 12.0. The molecule has 0 fully saturated rings. The molecule has 0 saturated heterocycles. The summed E-state index contributed by atoms with van der Waals surface area (Å²) in [4.78, 5) is 55.0. The molecule has 6 atom stereocenters. The topological polar surface area (TPSA) is 161 Å². The molecule has 6 N–H and O–H groups in total. The molecular weight excluding hydrogens is 803 g/mol. The largest absolute Gasteiger partial charge is 0.445 e. The number of nitrogens with two attached hydrogens (primary N) is 1. The van der Waals surface area contributed by atoms with Gasteiger partial charge in [-0.3, -0.25) is 9.59 Å². The van der Waals surface area contributed by atoms with Crippen molar-refractivity contribution in [2.45, 2.75) is 142 Å². The van der Waals surface area contributed by atoms with E-state index in [4.69, 9.17) is 15.2 Å². The maximum Gasteiger partial charge on any atom is 0.408 e. The highest BCUT2D eigenvalue weighted by atomic mass is 16.6. The van der Waals surface area contributed by atoms with Gasteiger partial charge in [0.2, 0.25) is 11.8 Å². The average Bonchev–Trinajstić information content (AvgIpc) is 3.26. The SMILES string of the molecule is CC(C)(C)OC(=O)NC(Cc1ccc([C@H](CN)CC(C[C@@H](NC(=O)OCc2ccccc2)C(C)(C)C)C(=O)N[C@@H]2CCCc3ccccc32)cc1)C(=O)N[C@@H]1CCCc2ccccc21. The van der Waals surface area contributed by atoms with Crippen molar-refractivity contribution in [3.63, 3.8) is 0 Å². The van der Waals surface area contributed by atoms with Crippen LogP contribution in [0.15, 0.2) is 103 Å². The normalized spacial score (nSPS) is 17.9. The van der Waals surface area contributed by atoms with Crippen molar-refractivity contribution in [3.8, 4) is 0 Å². The average molecular weight is 872 g/mol. The first-order chi connectivity index (χ1) is 30.6. The maximum atomic E-state index is 14.6. The summed E-state index contributed by atoms with van der Waals surface area (Å²) in [6.07, 6.45) is 5.41. The Bertz CT molecular complexity index is 2180. The standard InChI is InChI=1S/C53H69N5O6/c1-52(2,3)47(58-50(61)63-34-36-16-8-7-9-17-36)32-40(48(59)55-44-24-14-20-38-18-10-12-22-42(38)44)31-41(33-54)37-28-26-35(27-29-37)30-46(57-51(62)64-53(4,5)6)49(60)56-45-25-15-21-39-19-11-13-23-43(39)45/h7-13,16-19,22-23,26-29,40-41,44-47H,14-15,20-21,24-25,30-34,54H2,1-6H3,(H,55,59)(H,56,60)(H,57,62)(H,58,61)/t40?,41-,44+,45+,46?,47+/m0/s1. The van der Waals surface area contributed by atoms with E-state index in [2.05, 4.69) is 66.3 Å². The van der Waals surface area contributed by atoms with Crippen LogP contribution < -0.4 is 27.0 Å². The molecule has 0 saturated carbocycles. The van der Waals surface area contributed by atoms with E-state index in [1.807, 2.05) is 78.9 Å². The Kier molecular flexibility index (Phi) is 16.3. The van der Waals surface area contributed by atoms with Gasteiger partial charge in [-0.1, -0.05) is 124 Å². The van der Waals surface area contributed by atoms with E-state index >= 15 is 0 Å². The lowest BCUT2D eigenvalue weighted by molar-refractivity contribution is -0.127. The number of carbonyl (C=O) groups is 4. The first-order valence-electron chi connectivity index (χ1n) is 23.1. The highest BCUT2D eigenvalue weighted by Gasteiger charge is 2.35. The van der Waals surface area contributed by atoms with E-state index < -0.39 is 41.2 Å². The zero-order chi connectivity index (χ0) is 45.9. The van der Waals surface area contributed by atoms with Crippen molar-refractivity contribution in [2.24, 2.45) is 17.1 Å². The Hall–Kier alpha value is -5.68. The Morgan fingerprint density at radius 1 is 0.656 bits per heavy atom. The smallest absolute Gasteiger partial charge is 0.408 e. The van der Waals surface area contributed by atoms with E-state index in [0.717, 1.165) is 66.3 Å². The minimum Gasteiger partial charge on any atom is -0.445 e. The number of alkyl carbamates (subject to hydrolysis) is 2. The number of hydrogen-bond acceptors (Lipinski definition) is 7. The summed E-state index contributed by atoms with van der Waals surface area (Å²) in [5.74, 6) is -1.05. The fourth-order valence-corrected chi connectivity index (χ4v) is 9.03. The van der Waals surface area contributed by atoms with Gasteiger partial charge in [-0.25, -0.2) is 9.59 Å². The van der Waals surface area contributed by atoms with Crippen LogP contribution in [0.1, 0.15) is 137 Å². The molecule has 6 rings (SSSR count). The second-order valence-corrected chi connectivity index (χ2v) is 19.7. The minimum atomic E-state index is -0.890. The Balaban J connectivity index is 1.20. The fraction of sp³-hybridized carbons (Fsp3) is 0.472. The summed E-state index contributed by atoms with van der Waals surface area (Å²) in [5, 5.41) is 12.6. The Morgan fingerprint density at radius 2 is 1.22 bits per heavy atom. The molecule has 2 aliphatic rings. The van der Waals surface area contributed by atoms with Gasteiger partial charge in [0.05, 0.1) is 12.1 Å². The van der Waals surface area contributed by atoms with E-state index in [9.17, 15) is 19.2 Å². The molecule has 342 valence electrons. The zero-order valence-corrected chi connectivity index (χ0v) is 38.6. The first-order valence-corrected chi connectivity index (χ1v) is 23.1. The monoisotopic (exact) mass is 872 g/mol. The summed E-state index contributed by atoms with van der Waals surface area (Å²) in [5.41, 5.74) is 12.8. The number of nitrogens with one attached hydrogen (secondary N) is 4. The molecule has 4 amide bonds. The third-order valence-electron chi connectivity index (χ3n) is 12.6. The predicted octanol–water partition coefficient (Wildman–Crippen LogP) is 9.29. The van der Waals surface area contributed by atoms with Crippen molar-refractivity contribution < 1.29 is 28.7 Å². The van der Waals surface area contributed by atoms with E-state index in [0.29, 0.717) is 12.8 Å². The highest BCUT2D eigenvalue weighted by Crippen LogP contribution is 2.35. The molecule has 4 aromatic carbocycles. The van der Waals surface area contributed by atoms with Crippen LogP contribution in [0.25, 0.3) is 0 Å². The number of rotatable bonds is 16.